The highest BCUT2D eigenvalue weighted by Crippen LogP contribution is 2.21. The lowest BCUT2D eigenvalue weighted by Crippen LogP contribution is -2.11. The van der Waals surface area contributed by atoms with Crippen LogP contribution in [0.1, 0.15) is 22.5 Å². The Bertz CT molecular complexity index is 780. The molecule has 2 aromatic rings. The van der Waals surface area contributed by atoms with Crippen molar-refractivity contribution in [3.63, 3.8) is 0 Å². The standard InChI is InChI=1S/C16H21N4O3Si/c1-5-11-9-20(10-23-7-6-8-24(3)4)15-12(11)18-13(14(17)19-15)16(21)22-2/h1,9H,6-8,10H2,2-4H3,(H2,17,19). The van der Waals surface area contributed by atoms with Crippen LogP contribution in [0, 0.1) is 12.3 Å². The first-order chi connectivity index (χ1) is 11.5. The number of hydrogen-bond donors (Lipinski definition) is 1. The number of anilines is 1. The maximum absolute atomic E-state index is 11.7. The van der Waals surface area contributed by atoms with Gasteiger partial charge in [0, 0.05) is 21.6 Å². The SMILES string of the molecule is C#Cc1cn(COCCC[Si](C)C)c2nc(N)c(C(=O)OC)nc12. The minimum Gasteiger partial charge on any atom is -0.464 e. The van der Waals surface area contributed by atoms with Gasteiger partial charge in [-0.15, -0.1) is 6.42 Å². The number of methoxy groups -OCH3 is 1. The maximum Gasteiger partial charge on any atom is 0.360 e. The van der Waals surface area contributed by atoms with Crippen LogP contribution < -0.4 is 5.73 Å². The highest BCUT2D eigenvalue weighted by molar-refractivity contribution is 6.55. The van der Waals surface area contributed by atoms with Crippen LogP contribution in [0.4, 0.5) is 5.82 Å². The zero-order valence-corrected chi connectivity index (χ0v) is 15.1. The molecule has 24 heavy (non-hydrogen) atoms. The lowest BCUT2D eigenvalue weighted by Gasteiger charge is -2.08. The van der Waals surface area contributed by atoms with E-state index in [1.807, 2.05) is 0 Å². The Morgan fingerprint density at radius 1 is 1.46 bits per heavy atom. The van der Waals surface area contributed by atoms with Crippen molar-refractivity contribution >= 4 is 31.7 Å². The van der Waals surface area contributed by atoms with Crippen molar-refractivity contribution in [3.05, 3.63) is 17.5 Å². The van der Waals surface area contributed by atoms with Crippen LogP contribution >= 0.6 is 0 Å². The van der Waals surface area contributed by atoms with Crippen LogP contribution in [0.25, 0.3) is 11.2 Å². The predicted molar refractivity (Wildman–Crippen MR) is 94.1 cm³/mol. The number of esters is 1. The maximum atomic E-state index is 11.7. The highest BCUT2D eigenvalue weighted by atomic mass is 28.3. The summed E-state index contributed by atoms with van der Waals surface area (Å²) in [5, 5.41) is 0. The van der Waals surface area contributed by atoms with Gasteiger partial charge < -0.3 is 19.8 Å². The zero-order chi connectivity index (χ0) is 17.7. The Hall–Kier alpha value is -2.37. The van der Waals surface area contributed by atoms with Gasteiger partial charge in [0.25, 0.3) is 0 Å². The molecule has 0 fully saturated rings. The van der Waals surface area contributed by atoms with E-state index in [1.54, 1.807) is 10.8 Å². The first kappa shape index (κ1) is 18.0. The van der Waals surface area contributed by atoms with Crippen LogP contribution in [0.3, 0.4) is 0 Å². The van der Waals surface area contributed by atoms with Gasteiger partial charge >= 0.3 is 5.97 Å². The predicted octanol–water partition coefficient (Wildman–Crippen LogP) is 1.90. The average Bonchev–Trinajstić information content (AvgIpc) is 2.89. The van der Waals surface area contributed by atoms with Gasteiger partial charge in [-0.05, 0) is 6.42 Å². The van der Waals surface area contributed by atoms with Crippen molar-refractivity contribution in [2.24, 2.45) is 0 Å². The molecule has 1 radical (unpaired) electrons. The number of carbonyl (C=O) groups is 1. The van der Waals surface area contributed by atoms with Crippen LogP contribution in [0.2, 0.25) is 19.1 Å². The molecule has 7 nitrogen and oxygen atoms in total. The van der Waals surface area contributed by atoms with E-state index < -0.39 is 5.97 Å². The number of hydrogen-bond acceptors (Lipinski definition) is 6. The van der Waals surface area contributed by atoms with Gasteiger partial charge in [0.2, 0.25) is 0 Å². The first-order valence-corrected chi connectivity index (χ1v) is 10.3. The number of nitrogens with two attached hydrogens (primary N) is 1. The average molecular weight is 345 g/mol. The van der Waals surface area contributed by atoms with Crippen LogP contribution in [0.15, 0.2) is 6.20 Å². The number of fused-ring (bicyclic) bond motifs is 1. The minimum absolute atomic E-state index is 0.00137. The third-order valence-corrected chi connectivity index (χ3v) is 4.80. The number of aromatic nitrogens is 3. The molecule has 0 atom stereocenters. The third-order valence-electron chi connectivity index (χ3n) is 3.45. The summed E-state index contributed by atoms with van der Waals surface area (Å²) in [6.07, 6.45) is 8.27. The molecule has 2 rings (SSSR count). The summed E-state index contributed by atoms with van der Waals surface area (Å²) in [7, 11) is 1.03. The molecular weight excluding hydrogens is 324 g/mol. The van der Waals surface area contributed by atoms with Crippen molar-refractivity contribution in [1.82, 2.24) is 14.5 Å². The van der Waals surface area contributed by atoms with Gasteiger partial charge in [-0.1, -0.05) is 25.1 Å². The minimum atomic E-state index is -0.648. The largest absolute Gasteiger partial charge is 0.464 e. The van der Waals surface area contributed by atoms with Crippen molar-refractivity contribution in [2.45, 2.75) is 32.3 Å². The molecule has 0 aliphatic heterocycles. The van der Waals surface area contributed by atoms with E-state index in [1.165, 1.54) is 13.2 Å². The van der Waals surface area contributed by atoms with Gasteiger partial charge in [-0.25, -0.2) is 14.8 Å². The van der Waals surface area contributed by atoms with E-state index in [9.17, 15) is 4.79 Å². The number of nitrogen functional groups attached to an aromatic ring is 1. The van der Waals surface area contributed by atoms with Crippen LogP contribution in [-0.4, -0.2) is 43.0 Å². The molecule has 0 aliphatic carbocycles. The van der Waals surface area contributed by atoms with Crippen LogP contribution in [-0.2, 0) is 16.2 Å². The number of rotatable bonds is 7. The molecule has 0 bridgehead atoms. The highest BCUT2D eigenvalue weighted by Gasteiger charge is 2.19. The van der Waals surface area contributed by atoms with E-state index in [0.717, 1.165) is 6.42 Å². The Morgan fingerprint density at radius 3 is 2.83 bits per heavy atom. The molecule has 0 saturated carbocycles. The Kier molecular flexibility index (Phi) is 5.95. The van der Waals surface area contributed by atoms with E-state index in [2.05, 4.69) is 33.7 Å². The van der Waals surface area contributed by atoms with Gasteiger partial charge in [0.05, 0.1) is 12.7 Å². The monoisotopic (exact) mass is 345 g/mol. The van der Waals surface area contributed by atoms with E-state index in [0.29, 0.717) is 30.1 Å². The summed E-state index contributed by atoms with van der Waals surface area (Å²) in [6.45, 7) is 5.53. The Balaban J connectivity index is 2.24. The van der Waals surface area contributed by atoms with E-state index >= 15 is 0 Å². The summed E-state index contributed by atoms with van der Waals surface area (Å²) in [5.74, 6) is 1.90. The number of terminal acetylenes is 1. The topological polar surface area (TPSA) is 92.3 Å². The second-order valence-corrected chi connectivity index (χ2v) is 8.54. The molecule has 127 valence electrons. The molecular formula is C16H21N4O3Si. The molecule has 8 heteroatoms. The van der Waals surface area contributed by atoms with E-state index in [-0.39, 0.29) is 20.3 Å². The molecule has 0 aromatic carbocycles. The molecule has 0 spiro atoms. The fraction of sp³-hybridized carbons (Fsp3) is 0.438. The number of ether oxygens (including phenoxy) is 2. The van der Waals surface area contributed by atoms with Gasteiger partial charge in [-0.2, -0.15) is 0 Å². The Morgan fingerprint density at radius 2 is 2.21 bits per heavy atom. The normalized spacial score (nSPS) is 11.0. The fourth-order valence-electron chi connectivity index (χ4n) is 2.24. The second-order valence-electron chi connectivity index (χ2n) is 5.63. The van der Waals surface area contributed by atoms with Crippen molar-refractivity contribution in [3.8, 4) is 12.3 Å². The smallest absolute Gasteiger partial charge is 0.360 e. The lowest BCUT2D eigenvalue weighted by atomic mass is 10.3. The summed E-state index contributed by atoms with van der Waals surface area (Å²) in [6, 6.07) is 1.21. The second kappa shape index (κ2) is 7.94. The van der Waals surface area contributed by atoms with Crippen molar-refractivity contribution < 1.29 is 14.3 Å². The van der Waals surface area contributed by atoms with Gasteiger partial charge in [-0.3, -0.25) is 0 Å². The number of nitrogens with zero attached hydrogens (tertiary/aromatic N) is 3. The molecule has 0 aliphatic rings. The van der Waals surface area contributed by atoms with Crippen molar-refractivity contribution in [1.29, 1.82) is 0 Å². The number of carbonyl (C=O) groups excluding carboxylic acids is 1. The Labute approximate surface area is 142 Å². The summed E-state index contributed by atoms with van der Waals surface area (Å²) >= 11 is 0. The summed E-state index contributed by atoms with van der Waals surface area (Å²) in [4.78, 5) is 20.2. The first-order valence-electron chi connectivity index (χ1n) is 7.56. The fourth-order valence-corrected chi connectivity index (χ4v) is 3.09. The molecule has 0 amide bonds. The molecule has 2 aromatic heterocycles. The molecule has 2 N–H and O–H groups in total. The summed E-state index contributed by atoms with van der Waals surface area (Å²) in [5.41, 5.74) is 7.22. The zero-order valence-electron chi connectivity index (χ0n) is 14.1. The molecule has 0 saturated heterocycles. The lowest BCUT2D eigenvalue weighted by molar-refractivity contribution is 0.0595. The van der Waals surface area contributed by atoms with Gasteiger partial charge in [0.15, 0.2) is 17.2 Å². The molecule has 2 heterocycles. The van der Waals surface area contributed by atoms with Crippen molar-refractivity contribution in [2.75, 3.05) is 19.5 Å². The van der Waals surface area contributed by atoms with E-state index in [4.69, 9.17) is 16.9 Å². The third kappa shape index (κ3) is 3.93. The molecule has 0 unspecified atom stereocenters. The summed E-state index contributed by atoms with van der Waals surface area (Å²) < 4.78 is 12.1. The van der Waals surface area contributed by atoms with Crippen LogP contribution in [0.5, 0.6) is 0 Å². The van der Waals surface area contributed by atoms with Gasteiger partial charge in [0.1, 0.15) is 12.2 Å². The quantitative estimate of drug-likeness (QED) is 0.357.